The van der Waals surface area contributed by atoms with Crippen LogP contribution in [0.15, 0.2) is 194 Å². The maximum atomic E-state index is 13.5. The molecule has 3 saturated heterocycles. The van der Waals surface area contributed by atoms with Gasteiger partial charge < -0.3 is 98.0 Å². The van der Waals surface area contributed by atoms with Crippen molar-refractivity contribution in [1.82, 2.24) is 25.8 Å². The van der Waals surface area contributed by atoms with Crippen LogP contribution in [0.2, 0.25) is 0 Å². The predicted molar refractivity (Wildman–Crippen MR) is 460 cm³/mol. The van der Waals surface area contributed by atoms with Crippen LogP contribution in [0.4, 0.5) is 26.7 Å². The van der Waals surface area contributed by atoms with Crippen molar-refractivity contribution in [1.29, 1.82) is 0 Å². The van der Waals surface area contributed by atoms with Crippen molar-refractivity contribution in [3.63, 3.8) is 0 Å². The van der Waals surface area contributed by atoms with Crippen LogP contribution < -0.4 is 74.3 Å². The first-order chi connectivity index (χ1) is 58.4. The van der Waals surface area contributed by atoms with E-state index in [1.54, 1.807) is 144 Å². The van der Waals surface area contributed by atoms with Gasteiger partial charge >= 0.3 is 12.2 Å². The molecule has 0 aromatic heterocycles. The first-order valence-electron chi connectivity index (χ1n) is 40.3. The van der Waals surface area contributed by atoms with Crippen LogP contribution in [-0.2, 0) is 57.9 Å². The number of nitrogens with one attached hydrogen (secondary N) is 3. The molecule has 0 unspecified atom stereocenters. The third-order valence-electron chi connectivity index (χ3n) is 19.1. The molecule has 3 fully saturated rings. The van der Waals surface area contributed by atoms with Gasteiger partial charge in [0.1, 0.15) is 70.3 Å². The lowest BCUT2D eigenvalue weighted by Crippen LogP contribution is -2.61. The van der Waals surface area contributed by atoms with E-state index >= 15 is 0 Å². The number of carbonyl (C=O) groups excluding carboxylic acids is 7. The molecule has 7 amide bonds. The molecule has 5 N–H and O–H groups in total. The lowest BCUT2D eigenvalue weighted by Gasteiger charge is -2.41. The van der Waals surface area contributed by atoms with Crippen LogP contribution in [0.3, 0.4) is 0 Å². The number of carbonyl (C=O) groups is 7. The van der Waals surface area contributed by atoms with E-state index in [0.717, 1.165) is 52.5 Å². The molecular weight excluding hydrogens is 1550 g/mol. The minimum absolute atomic E-state index is 0.0568. The molecule has 3 atom stereocenters. The lowest BCUT2D eigenvalue weighted by atomic mass is 10.1. The van der Waals surface area contributed by atoms with Gasteiger partial charge in [0.05, 0.1) is 131 Å². The molecule has 0 radical (unpaired) electrons. The number of nitrogens with zero attached hydrogens (tertiary/aromatic N) is 5. The summed E-state index contributed by atoms with van der Waals surface area (Å²) in [6, 6.07) is 58.0. The summed E-state index contributed by atoms with van der Waals surface area (Å²) in [5, 5.41) is 8.98. The molecule has 8 aromatic carbocycles. The van der Waals surface area contributed by atoms with Gasteiger partial charge in [0, 0.05) is 92.3 Å². The van der Waals surface area contributed by atoms with Gasteiger partial charge in [-0.15, -0.1) is 0 Å². The Morgan fingerprint density at radius 2 is 0.711 bits per heavy atom. The highest BCUT2D eigenvalue weighted by atomic mass is 16.6. The second-order valence-corrected chi connectivity index (χ2v) is 30.3. The van der Waals surface area contributed by atoms with Crippen molar-refractivity contribution < 1.29 is 95.1 Å². The molecule has 11 rings (SSSR count). The number of methoxy groups -OCH3 is 5. The summed E-state index contributed by atoms with van der Waals surface area (Å²) < 4.78 is 72.4. The van der Waals surface area contributed by atoms with Gasteiger partial charge in [-0.2, -0.15) is 0 Å². The van der Waals surface area contributed by atoms with Crippen molar-refractivity contribution in [2.45, 2.75) is 110 Å². The van der Waals surface area contributed by atoms with Crippen LogP contribution in [-0.4, -0.2) is 215 Å². The average Bonchev–Trinajstić information content (AvgIpc) is 0.804. The molecular formula is C92H115N9O20. The lowest BCUT2D eigenvalue weighted by molar-refractivity contribution is -0.122. The minimum Gasteiger partial charge on any atom is -0.496 e. The first kappa shape index (κ1) is 92.7. The van der Waals surface area contributed by atoms with Gasteiger partial charge in [0.2, 0.25) is 17.7 Å². The van der Waals surface area contributed by atoms with E-state index in [1.807, 2.05) is 127 Å². The van der Waals surface area contributed by atoms with E-state index in [2.05, 4.69) is 16.0 Å². The third kappa shape index (κ3) is 28.5. The number of hydrogen-bond donors (Lipinski definition) is 4. The normalized spacial score (nSPS) is 15.3. The van der Waals surface area contributed by atoms with Crippen LogP contribution >= 0.6 is 0 Å². The Balaban J connectivity index is 0.000000208. The summed E-state index contributed by atoms with van der Waals surface area (Å²) >= 11 is 0. The highest BCUT2D eigenvalue weighted by molar-refractivity contribution is 6.01. The van der Waals surface area contributed by atoms with E-state index in [9.17, 15) is 33.6 Å². The Hall–Kier alpha value is -12.2. The van der Waals surface area contributed by atoms with Gasteiger partial charge in [-0.1, -0.05) is 78.9 Å². The quantitative estimate of drug-likeness (QED) is 0.0265. The highest BCUT2D eigenvalue weighted by Crippen LogP contribution is 2.31. The number of piperazine rings is 3. The van der Waals surface area contributed by atoms with Crippen molar-refractivity contribution in [3.05, 3.63) is 222 Å². The van der Waals surface area contributed by atoms with Gasteiger partial charge in [0.25, 0.3) is 11.8 Å². The number of ether oxygens (including phenoxy) is 13. The Labute approximate surface area is 708 Å². The number of amides is 7. The van der Waals surface area contributed by atoms with Gasteiger partial charge in [-0.3, -0.25) is 33.8 Å². The van der Waals surface area contributed by atoms with Crippen LogP contribution in [0.1, 0.15) is 98.2 Å². The largest absolute Gasteiger partial charge is 0.496 e. The third-order valence-corrected chi connectivity index (χ3v) is 19.1. The van der Waals surface area contributed by atoms with E-state index < -0.39 is 29.4 Å². The second-order valence-electron chi connectivity index (χ2n) is 30.3. The molecule has 29 nitrogen and oxygen atoms in total. The smallest absolute Gasteiger partial charge is 0.410 e. The van der Waals surface area contributed by atoms with Gasteiger partial charge in [-0.05, 0) is 157 Å². The Morgan fingerprint density at radius 3 is 1.06 bits per heavy atom. The van der Waals surface area contributed by atoms with Crippen LogP contribution in [0.5, 0.6) is 46.0 Å². The summed E-state index contributed by atoms with van der Waals surface area (Å²) in [6.45, 7) is 16.9. The van der Waals surface area contributed by atoms with Gasteiger partial charge in [-0.25, -0.2) is 9.59 Å². The molecule has 3 heterocycles. The molecule has 0 saturated carbocycles. The Kier molecular flexibility index (Phi) is 36.0. The summed E-state index contributed by atoms with van der Waals surface area (Å²) in [5.74, 6) is 4.27. The molecule has 0 aliphatic carbocycles. The standard InChI is InChI=1S/C35H43N3O8.C30H35N3O6.C27H37N3O6/c1-35(2,3)46-34(41)37-22-27(21-36-33(40)29-12-7-9-14-31(29)43-5)38(32(39)23-37)26-15-17-28(18-16-26)45-20-10-19-44-24-25-11-6-8-13-30(25)42-4;1-36-27-10-5-3-8-22(27)21-38-16-7-17-39-25-14-12-23(13-15-25)33-24(18-31-20-29(33)34)19-32-30(35)26-9-4-6-11-28(26)37-2;1-27(2,3)36-26(32)29-17-22(16-28)30(25(31)18-29)21-10-12-23(13-11-21)35-15-7-14-34-19-20-8-5-6-9-24(20)33-4/h6-9,11-18,27H,10,19-24H2,1-5H3,(H,36,40);3-6,8-15,24,31H,7,16-21H2,1-2H3,(H,32,35);5-6,8-13,22H,7,14-19,28H2,1-4H3/t27-;24-;22-/m010/s1. The topological polar surface area (TPSA) is 318 Å². The fourth-order valence-corrected chi connectivity index (χ4v) is 13.4. The molecule has 648 valence electrons. The van der Waals surface area contributed by atoms with Crippen LogP contribution in [0.25, 0.3) is 0 Å². The summed E-state index contributed by atoms with van der Waals surface area (Å²) in [5.41, 5.74) is 10.5. The second kappa shape index (κ2) is 47.0. The molecule has 0 bridgehead atoms. The van der Waals surface area contributed by atoms with E-state index in [0.29, 0.717) is 137 Å². The zero-order valence-corrected chi connectivity index (χ0v) is 71.0. The SMILES string of the molecule is COc1ccccc1COCCCOc1ccc(N2C(=O)CN(C(=O)OC(C)(C)C)C[C@@H]2CN)cc1.COc1ccccc1COCCCOc1ccc(N2C(=O)CN(C(=O)OC(C)(C)C)C[C@@H]2CNC(=O)c2ccccc2OC)cc1.COc1ccccc1COCCCOc1ccc(N2C(=O)CNC[C@@H]2CNC(=O)c2ccccc2OC)cc1. The average molecular weight is 1670 g/mol. The van der Waals surface area contributed by atoms with E-state index in [1.165, 1.54) is 24.0 Å². The number of para-hydroxylation sites is 5. The van der Waals surface area contributed by atoms with E-state index in [-0.39, 0.29) is 80.9 Å². The summed E-state index contributed by atoms with van der Waals surface area (Å²) in [6.07, 6.45) is 1.07. The fourth-order valence-electron chi connectivity index (χ4n) is 13.4. The molecule has 29 heteroatoms. The molecule has 3 aliphatic heterocycles. The van der Waals surface area contributed by atoms with Gasteiger partial charge in [0.15, 0.2) is 0 Å². The van der Waals surface area contributed by atoms with Crippen LogP contribution in [0, 0.1) is 0 Å². The number of hydrogen-bond acceptors (Lipinski definition) is 22. The van der Waals surface area contributed by atoms with Crippen molar-refractivity contribution in [2.75, 3.05) is 149 Å². The maximum absolute atomic E-state index is 13.5. The van der Waals surface area contributed by atoms with Crippen molar-refractivity contribution in [2.24, 2.45) is 5.73 Å². The molecule has 121 heavy (non-hydrogen) atoms. The zero-order valence-electron chi connectivity index (χ0n) is 71.0. The Bertz CT molecular complexity index is 4620. The summed E-state index contributed by atoms with van der Waals surface area (Å²) in [7, 11) is 7.96. The van der Waals surface area contributed by atoms with Crippen molar-refractivity contribution >= 4 is 58.8 Å². The minimum atomic E-state index is -0.720. The Morgan fingerprint density at radius 1 is 0.397 bits per heavy atom. The number of rotatable bonds is 36. The van der Waals surface area contributed by atoms with Crippen molar-refractivity contribution in [3.8, 4) is 46.0 Å². The fraction of sp³-hybridized carbons (Fsp3) is 0.402. The molecule has 0 spiro atoms. The summed E-state index contributed by atoms with van der Waals surface area (Å²) in [4.78, 5) is 98.1. The first-order valence-corrected chi connectivity index (χ1v) is 40.3. The number of benzene rings is 8. The molecule has 3 aliphatic rings. The zero-order chi connectivity index (χ0) is 86.7. The maximum Gasteiger partial charge on any atom is 0.410 e. The molecule has 8 aromatic rings. The monoisotopic (exact) mass is 1670 g/mol. The number of anilines is 3. The van der Waals surface area contributed by atoms with E-state index in [4.69, 9.17) is 67.3 Å². The number of nitrogens with two attached hydrogens (primary N) is 1. The predicted octanol–water partition coefficient (Wildman–Crippen LogP) is 12.1. The highest BCUT2D eigenvalue weighted by Gasteiger charge is 2.40.